The summed E-state index contributed by atoms with van der Waals surface area (Å²) < 4.78 is 0. The lowest BCUT2D eigenvalue weighted by Crippen LogP contribution is -2.53. The highest BCUT2D eigenvalue weighted by atomic mass is 14.9. The molecule has 4 aliphatic carbocycles. The van der Waals surface area contributed by atoms with Gasteiger partial charge in [0.2, 0.25) is 0 Å². The van der Waals surface area contributed by atoms with Crippen LogP contribution >= 0.6 is 0 Å². The van der Waals surface area contributed by atoms with E-state index in [9.17, 15) is 0 Å². The van der Waals surface area contributed by atoms with Crippen molar-refractivity contribution in [1.29, 1.82) is 0 Å². The van der Waals surface area contributed by atoms with Crippen molar-refractivity contribution in [3.05, 3.63) is 0 Å². The summed E-state index contributed by atoms with van der Waals surface area (Å²) >= 11 is 0. The van der Waals surface area contributed by atoms with E-state index < -0.39 is 0 Å². The monoisotopic (exact) mass is 235 g/mol. The summed E-state index contributed by atoms with van der Waals surface area (Å²) in [6.45, 7) is 7.09. The molecule has 0 aliphatic heterocycles. The third kappa shape index (κ3) is 2.16. The first kappa shape index (κ1) is 12.0. The van der Waals surface area contributed by atoms with Crippen molar-refractivity contribution in [3.8, 4) is 0 Å². The summed E-state index contributed by atoms with van der Waals surface area (Å²) in [6.07, 6.45) is 9.08. The summed E-state index contributed by atoms with van der Waals surface area (Å²) in [6, 6.07) is 1.45. The predicted molar refractivity (Wildman–Crippen MR) is 72.9 cm³/mol. The van der Waals surface area contributed by atoms with Crippen LogP contribution in [0.4, 0.5) is 0 Å². The Labute approximate surface area is 107 Å². The Kier molecular flexibility index (Phi) is 3.23. The quantitative estimate of drug-likeness (QED) is 0.781. The lowest BCUT2D eigenvalue weighted by molar-refractivity contribution is -0.0503. The summed E-state index contributed by atoms with van der Waals surface area (Å²) in [5.74, 6) is 5.36. The van der Waals surface area contributed by atoms with Gasteiger partial charge in [-0.2, -0.15) is 0 Å². The van der Waals surface area contributed by atoms with Crippen molar-refractivity contribution in [2.75, 3.05) is 0 Å². The lowest BCUT2D eigenvalue weighted by Gasteiger charge is -2.56. The van der Waals surface area contributed by atoms with Gasteiger partial charge in [-0.1, -0.05) is 6.92 Å². The molecule has 0 aromatic rings. The number of hydrogen-bond acceptors (Lipinski definition) is 1. The van der Waals surface area contributed by atoms with Crippen molar-refractivity contribution in [1.82, 2.24) is 5.32 Å². The largest absolute Gasteiger partial charge is 0.311 e. The van der Waals surface area contributed by atoms with E-state index in [0.717, 1.165) is 35.6 Å². The molecule has 4 fully saturated rings. The second-order valence-corrected chi connectivity index (χ2v) is 7.27. The summed E-state index contributed by atoms with van der Waals surface area (Å²) in [4.78, 5) is 0. The average molecular weight is 235 g/mol. The van der Waals surface area contributed by atoms with Gasteiger partial charge in [0, 0.05) is 12.1 Å². The van der Waals surface area contributed by atoms with Crippen LogP contribution in [-0.4, -0.2) is 12.1 Å². The maximum atomic E-state index is 3.86. The van der Waals surface area contributed by atoms with E-state index in [2.05, 4.69) is 26.1 Å². The van der Waals surface area contributed by atoms with Crippen LogP contribution in [0.5, 0.6) is 0 Å². The smallest absolute Gasteiger partial charge is 0.00747 e. The van der Waals surface area contributed by atoms with Crippen LogP contribution in [0, 0.1) is 29.6 Å². The van der Waals surface area contributed by atoms with Crippen molar-refractivity contribution in [2.24, 2.45) is 29.6 Å². The Morgan fingerprint density at radius 1 is 0.941 bits per heavy atom. The molecule has 1 heteroatoms. The van der Waals surface area contributed by atoms with Crippen LogP contribution < -0.4 is 5.32 Å². The van der Waals surface area contributed by atoms with Crippen LogP contribution in [0.1, 0.15) is 59.3 Å². The van der Waals surface area contributed by atoms with Gasteiger partial charge >= 0.3 is 0 Å². The summed E-state index contributed by atoms with van der Waals surface area (Å²) in [5.41, 5.74) is 0. The minimum atomic E-state index is 0.696. The molecule has 2 atom stereocenters. The molecule has 1 N–H and O–H groups in total. The Balaban J connectivity index is 1.67. The van der Waals surface area contributed by atoms with Gasteiger partial charge < -0.3 is 5.32 Å². The number of hydrogen-bond donors (Lipinski definition) is 1. The van der Waals surface area contributed by atoms with Gasteiger partial charge in [-0.05, 0) is 82.0 Å². The SMILES string of the molecule is CCC(C)NC(C)C1C2CC3CC(C2)CC1C3. The number of nitrogens with one attached hydrogen (secondary N) is 1. The molecule has 98 valence electrons. The maximum Gasteiger partial charge on any atom is 0.00747 e. The van der Waals surface area contributed by atoms with Gasteiger partial charge in [-0.3, -0.25) is 0 Å². The second-order valence-electron chi connectivity index (χ2n) is 7.27. The Morgan fingerprint density at radius 3 is 1.94 bits per heavy atom. The molecular formula is C16H29N. The molecule has 2 unspecified atom stereocenters. The Bertz CT molecular complexity index is 245. The van der Waals surface area contributed by atoms with Crippen molar-refractivity contribution < 1.29 is 0 Å². The molecule has 0 aromatic heterocycles. The van der Waals surface area contributed by atoms with Crippen LogP contribution in [-0.2, 0) is 0 Å². The molecule has 4 rings (SSSR count). The zero-order valence-corrected chi connectivity index (χ0v) is 11.8. The van der Waals surface area contributed by atoms with Gasteiger partial charge in [0.1, 0.15) is 0 Å². The highest BCUT2D eigenvalue weighted by Gasteiger charge is 2.49. The molecule has 4 bridgehead atoms. The fourth-order valence-electron chi connectivity index (χ4n) is 5.46. The third-order valence-electron chi connectivity index (χ3n) is 6.04. The number of rotatable bonds is 4. The minimum absolute atomic E-state index is 0.696. The molecule has 0 radical (unpaired) electrons. The van der Waals surface area contributed by atoms with E-state index in [0.29, 0.717) is 6.04 Å². The molecule has 0 aromatic carbocycles. The molecule has 0 amide bonds. The molecule has 4 saturated carbocycles. The fourth-order valence-corrected chi connectivity index (χ4v) is 5.46. The average Bonchev–Trinajstić information content (AvgIpc) is 2.27. The first-order valence-corrected chi connectivity index (χ1v) is 7.93. The molecule has 1 nitrogen and oxygen atoms in total. The zero-order valence-electron chi connectivity index (χ0n) is 11.8. The van der Waals surface area contributed by atoms with E-state index in [1.54, 1.807) is 32.1 Å². The van der Waals surface area contributed by atoms with Gasteiger partial charge in [0.05, 0.1) is 0 Å². The maximum absolute atomic E-state index is 3.86. The molecule has 0 spiro atoms. The van der Waals surface area contributed by atoms with Gasteiger partial charge in [0.15, 0.2) is 0 Å². The topological polar surface area (TPSA) is 12.0 Å². The van der Waals surface area contributed by atoms with Crippen LogP contribution in [0.25, 0.3) is 0 Å². The summed E-state index contributed by atoms with van der Waals surface area (Å²) in [5, 5.41) is 3.86. The van der Waals surface area contributed by atoms with Crippen molar-refractivity contribution >= 4 is 0 Å². The third-order valence-corrected chi connectivity index (χ3v) is 6.04. The Morgan fingerprint density at radius 2 is 1.47 bits per heavy atom. The van der Waals surface area contributed by atoms with E-state index in [4.69, 9.17) is 0 Å². The van der Waals surface area contributed by atoms with E-state index in [1.807, 2.05) is 0 Å². The fraction of sp³-hybridized carbons (Fsp3) is 1.00. The highest BCUT2D eigenvalue weighted by Crippen LogP contribution is 2.57. The molecule has 0 heterocycles. The minimum Gasteiger partial charge on any atom is -0.311 e. The van der Waals surface area contributed by atoms with Gasteiger partial charge in [0.25, 0.3) is 0 Å². The lowest BCUT2D eigenvalue weighted by atomic mass is 9.50. The molecule has 17 heavy (non-hydrogen) atoms. The second kappa shape index (κ2) is 4.57. The normalized spacial score (nSPS) is 47.1. The molecular weight excluding hydrogens is 206 g/mol. The molecule has 0 saturated heterocycles. The van der Waals surface area contributed by atoms with Crippen molar-refractivity contribution in [2.45, 2.75) is 71.4 Å². The van der Waals surface area contributed by atoms with Gasteiger partial charge in [-0.25, -0.2) is 0 Å². The summed E-state index contributed by atoms with van der Waals surface area (Å²) in [7, 11) is 0. The van der Waals surface area contributed by atoms with Crippen LogP contribution in [0.15, 0.2) is 0 Å². The highest BCUT2D eigenvalue weighted by molar-refractivity contribution is 5.00. The predicted octanol–water partition coefficient (Wildman–Crippen LogP) is 3.84. The zero-order chi connectivity index (χ0) is 12.0. The van der Waals surface area contributed by atoms with E-state index >= 15 is 0 Å². The molecule has 4 aliphatic rings. The standard InChI is InChI=1S/C16H29N/c1-4-10(2)17-11(3)16-14-6-12-5-13(8-14)9-15(16)7-12/h10-17H,4-9H2,1-3H3. The first-order chi connectivity index (χ1) is 8.17. The first-order valence-electron chi connectivity index (χ1n) is 7.93. The Hall–Kier alpha value is -0.0400. The van der Waals surface area contributed by atoms with Crippen molar-refractivity contribution in [3.63, 3.8) is 0 Å². The van der Waals surface area contributed by atoms with E-state index in [-0.39, 0.29) is 0 Å². The van der Waals surface area contributed by atoms with Crippen LogP contribution in [0.2, 0.25) is 0 Å². The van der Waals surface area contributed by atoms with E-state index in [1.165, 1.54) is 6.42 Å². The van der Waals surface area contributed by atoms with Gasteiger partial charge in [-0.15, -0.1) is 0 Å². The van der Waals surface area contributed by atoms with Crippen LogP contribution in [0.3, 0.4) is 0 Å².